The van der Waals surface area contributed by atoms with Gasteiger partial charge in [-0.25, -0.2) is 0 Å². The molecule has 0 bridgehead atoms. The molecule has 2 N–H and O–H groups in total. The van der Waals surface area contributed by atoms with Crippen LogP contribution in [-0.4, -0.2) is 19.3 Å². The van der Waals surface area contributed by atoms with Gasteiger partial charge < -0.3 is 10.6 Å². The summed E-state index contributed by atoms with van der Waals surface area (Å²) in [5.74, 6) is 0. The molecule has 1 saturated heterocycles. The maximum absolute atomic E-state index is 3.27. The number of rotatable bonds is 0. The molecule has 2 heteroatoms. The van der Waals surface area contributed by atoms with Crippen LogP contribution in [0.25, 0.3) is 0 Å². The summed E-state index contributed by atoms with van der Waals surface area (Å²) >= 11 is 0. The summed E-state index contributed by atoms with van der Waals surface area (Å²) in [6.45, 7) is 4.37. The molecule has 42 valence electrons. The summed E-state index contributed by atoms with van der Waals surface area (Å²) in [6.07, 6.45) is 1.26. The van der Waals surface area contributed by atoms with E-state index < -0.39 is 0 Å². The van der Waals surface area contributed by atoms with Gasteiger partial charge in [0.25, 0.3) is 0 Å². The van der Waals surface area contributed by atoms with Gasteiger partial charge in [0.2, 0.25) is 0 Å². The SMILES string of the molecule is CC1CCNCN1. The average Bonchev–Trinajstić information content (AvgIpc) is 1.69. The molecule has 0 aromatic rings. The van der Waals surface area contributed by atoms with Gasteiger partial charge in [-0.3, -0.25) is 0 Å². The number of hydrogen-bond acceptors (Lipinski definition) is 2. The van der Waals surface area contributed by atoms with Gasteiger partial charge in [-0.1, -0.05) is 0 Å². The van der Waals surface area contributed by atoms with Crippen LogP contribution in [0.1, 0.15) is 13.3 Å². The Kier molecular flexibility index (Phi) is 1.65. The molecule has 1 atom stereocenters. The van der Waals surface area contributed by atoms with E-state index in [1.54, 1.807) is 0 Å². The van der Waals surface area contributed by atoms with Crippen LogP contribution in [0.5, 0.6) is 0 Å². The largest absolute Gasteiger partial charge is 0.304 e. The Morgan fingerprint density at radius 1 is 1.57 bits per heavy atom. The van der Waals surface area contributed by atoms with Gasteiger partial charge in [-0.15, -0.1) is 0 Å². The highest BCUT2D eigenvalue weighted by Gasteiger charge is 2.03. The second-order valence-corrected chi connectivity index (χ2v) is 2.07. The molecule has 1 unspecified atom stereocenters. The Morgan fingerprint density at radius 3 is 2.71 bits per heavy atom. The summed E-state index contributed by atoms with van der Waals surface area (Å²) in [6, 6.07) is 0.723. The molecule has 0 aromatic heterocycles. The first kappa shape index (κ1) is 5.06. The third-order valence-corrected chi connectivity index (χ3v) is 1.33. The molecule has 1 fully saturated rings. The molecular weight excluding hydrogens is 88.1 g/mol. The zero-order valence-electron chi connectivity index (χ0n) is 4.70. The third-order valence-electron chi connectivity index (χ3n) is 1.33. The predicted octanol–water partition coefficient (Wildman–Crippen LogP) is -0.0847. The standard InChI is InChI=1S/C5H12N2/c1-5-2-3-6-4-7-5/h5-7H,2-4H2,1H3. The average molecular weight is 100 g/mol. The first-order valence-electron chi connectivity index (χ1n) is 2.83. The van der Waals surface area contributed by atoms with Crippen LogP contribution >= 0.6 is 0 Å². The fraction of sp³-hybridized carbons (Fsp3) is 1.00. The van der Waals surface area contributed by atoms with E-state index in [4.69, 9.17) is 0 Å². The third kappa shape index (κ3) is 1.45. The molecule has 1 rings (SSSR count). The quantitative estimate of drug-likeness (QED) is 0.445. The first-order valence-corrected chi connectivity index (χ1v) is 2.83. The molecule has 1 heterocycles. The van der Waals surface area contributed by atoms with Crippen molar-refractivity contribution in [1.82, 2.24) is 10.6 Å². The van der Waals surface area contributed by atoms with E-state index in [-0.39, 0.29) is 0 Å². The van der Waals surface area contributed by atoms with Crippen molar-refractivity contribution in [2.24, 2.45) is 0 Å². The van der Waals surface area contributed by atoms with Gasteiger partial charge in [0.1, 0.15) is 0 Å². The maximum Gasteiger partial charge on any atom is 0.0456 e. The van der Waals surface area contributed by atoms with Crippen LogP contribution < -0.4 is 10.6 Å². The van der Waals surface area contributed by atoms with E-state index in [9.17, 15) is 0 Å². The Morgan fingerprint density at radius 2 is 2.43 bits per heavy atom. The lowest BCUT2D eigenvalue weighted by Crippen LogP contribution is -2.43. The van der Waals surface area contributed by atoms with Crippen LogP contribution in [0.3, 0.4) is 0 Å². The Hall–Kier alpha value is -0.0800. The monoisotopic (exact) mass is 100 g/mol. The smallest absolute Gasteiger partial charge is 0.0456 e. The van der Waals surface area contributed by atoms with Gasteiger partial charge in [-0.2, -0.15) is 0 Å². The molecule has 0 radical (unpaired) electrons. The van der Waals surface area contributed by atoms with Crippen LogP contribution in [0, 0.1) is 0 Å². The maximum atomic E-state index is 3.27. The lowest BCUT2D eigenvalue weighted by molar-refractivity contribution is 0.410. The van der Waals surface area contributed by atoms with E-state index in [0.29, 0.717) is 0 Å². The lowest BCUT2D eigenvalue weighted by atomic mass is 10.2. The van der Waals surface area contributed by atoms with Crippen molar-refractivity contribution in [3.8, 4) is 0 Å². The van der Waals surface area contributed by atoms with Crippen molar-refractivity contribution in [2.45, 2.75) is 19.4 Å². The van der Waals surface area contributed by atoms with Gasteiger partial charge in [0.15, 0.2) is 0 Å². The molecule has 0 amide bonds. The van der Waals surface area contributed by atoms with Crippen molar-refractivity contribution >= 4 is 0 Å². The fourth-order valence-electron chi connectivity index (χ4n) is 0.755. The van der Waals surface area contributed by atoms with Crippen molar-refractivity contribution in [1.29, 1.82) is 0 Å². The lowest BCUT2D eigenvalue weighted by Gasteiger charge is -2.19. The topological polar surface area (TPSA) is 24.1 Å². The summed E-state index contributed by atoms with van der Waals surface area (Å²) < 4.78 is 0. The summed E-state index contributed by atoms with van der Waals surface area (Å²) in [7, 11) is 0. The van der Waals surface area contributed by atoms with Crippen molar-refractivity contribution in [2.75, 3.05) is 13.2 Å². The van der Waals surface area contributed by atoms with Crippen LogP contribution in [0.15, 0.2) is 0 Å². The molecular formula is C5H12N2. The number of hydrogen-bond donors (Lipinski definition) is 2. The van der Waals surface area contributed by atoms with Crippen molar-refractivity contribution in [3.63, 3.8) is 0 Å². The molecule has 2 nitrogen and oxygen atoms in total. The van der Waals surface area contributed by atoms with E-state index in [2.05, 4.69) is 17.6 Å². The van der Waals surface area contributed by atoms with Crippen molar-refractivity contribution < 1.29 is 0 Å². The molecule has 0 spiro atoms. The highest BCUT2D eigenvalue weighted by molar-refractivity contribution is 4.65. The predicted molar refractivity (Wildman–Crippen MR) is 30.1 cm³/mol. The van der Waals surface area contributed by atoms with E-state index in [1.165, 1.54) is 13.0 Å². The second kappa shape index (κ2) is 2.28. The molecule has 0 aliphatic carbocycles. The van der Waals surface area contributed by atoms with Gasteiger partial charge in [0, 0.05) is 12.7 Å². The second-order valence-electron chi connectivity index (χ2n) is 2.07. The van der Waals surface area contributed by atoms with Gasteiger partial charge >= 0.3 is 0 Å². The van der Waals surface area contributed by atoms with E-state index in [0.717, 1.165) is 12.7 Å². The van der Waals surface area contributed by atoms with Gasteiger partial charge in [-0.05, 0) is 19.9 Å². The minimum absolute atomic E-state index is 0.723. The molecule has 0 aromatic carbocycles. The first-order chi connectivity index (χ1) is 3.39. The highest BCUT2D eigenvalue weighted by atomic mass is 15.1. The Labute approximate surface area is 44.3 Å². The fourth-order valence-corrected chi connectivity index (χ4v) is 0.755. The summed E-state index contributed by atoms with van der Waals surface area (Å²) in [5, 5.41) is 6.47. The minimum atomic E-state index is 0.723. The highest BCUT2D eigenvalue weighted by Crippen LogP contribution is 1.89. The number of nitrogens with one attached hydrogen (secondary N) is 2. The van der Waals surface area contributed by atoms with Crippen LogP contribution in [0.4, 0.5) is 0 Å². The molecule has 1 aliphatic rings. The summed E-state index contributed by atoms with van der Waals surface area (Å²) in [4.78, 5) is 0. The molecule has 7 heavy (non-hydrogen) atoms. The van der Waals surface area contributed by atoms with Crippen LogP contribution in [0.2, 0.25) is 0 Å². The van der Waals surface area contributed by atoms with E-state index in [1.807, 2.05) is 0 Å². The van der Waals surface area contributed by atoms with Gasteiger partial charge in [0.05, 0.1) is 0 Å². The van der Waals surface area contributed by atoms with Crippen LogP contribution in [-0.2, 0) is 0 Å². The van der Waals surface area contributed by atoms with E-state index >= 15 is 0 Å². The Bertz CT molecular complexity index is 48.0. The minimum Gasteiger partial charge on any atom is -0.304 e. The summed E-state index contributed by atoms with van der Waals surface area (Å²) in [5.41, 5.74) is 0. The molecule has 1 aliphatic heterocycles. The molecule has 0 saturated carbocycles. The zero-order chi connectivity index (χ0) is 5.11. The Balaban J connectivity index is 2.12. The van der Waals surface area contributed by atoms with Crippen molar-refractivity contribution in [3.05, 3.63) is 0 Å². The normalized spacial score (nSPS) is 33.0. The zero-order valence-corrected chi connectivity index (χ0v) is 4.70.